The molecular formula is C21H21ClN4O2. The fraction of sp³-hybridized carbons (Fsp3) is 0.286. The molecule has 1 aliphatic rings. The Kier molecular flexibility index (Phi) is 5.41. The van der Waals surface area contributed by atoms with Gasteiger partial charge in [-0.05, 0) is 49.4 Å². The van der Waals surface area contributed by atoms with Crippen LogP contribution < -0.4 is 0 Å². The third-order valence-electron chi connectivity index (χ3n) is 4.79. The summed E-state index contributed by atoms with van der Waals surface area (Å²) >= 11 is 5.98. The minimum absolute atomic E-state index is 0.0486. The number of rotatable bonds is 4. The second-order valence-electron chi connectivity index (χ2n) is 6.88. The van der Waals surface area contributed by atoms with E-state index in [0.29, 0.717) is 29.7 Å². The van der Waals surface area contributed by atoms with Crippen molar-refractivity contribution in [1.82, 2.24) is 19.8 Å². The summed E-state index contributed by atoms with van der Waals surface area (Å²) in [5.74, 6) is 1.05. The minimum Gasteiger partial charge on any atom is -0.459 e. The first-order chi connectivity index (χ1) is 13.6. The van der Waals surface area contributed by atoms with Crippen molar-refractivity contribution in [3.63, 3.8) is 0 Å². The SMILES string of the molecule is Cc1cc(CN2CCN(C(=O)c3ccco3)CC2)nc(-c2ccc(Cl)cc2)n1. The molecule has 0 N–H and O–H groups in total. The molecule has 0 saturated carbocycles. The molecule has 1 saturated heterocycles. The predicted molar refractivity (Wildman–Crippen MR) is 107 cm³/mol. The molecule has 3 aromatic rings. The number of hydrogen-bond donors (Lipinski definition) is 0. The summed E-state index contributed by atoms with van der Waals surface area (Å²) in [6, 6.07) is 13.0. The number of carbonyl (C=O) groups is 1. The molecule has 0 atom stereocenters. The first kappa shape index (κ1) is 18.7. The Morgan fingerprint density at radius 2 is 1.86 bits per heavy atom. The summed E-state index contributed by atoms with van der Waals surface area (Å²) in [7, 11) is 0. The van der Waals surface area contributed by atoms with Crippen LogP contribution in [0, 0.1) is 6.92 Å². The summed E-state index contributed by atoms with van der Waals surface area (Å²) in [4.78, 5) is 25.8. The lowest BCUT2D eigenvalue weighted by Crippen LogP contribution is -2.48. The molecule has 2 aromatic heterocycles. The average Bonchev–Trinajstić information content (AvgIpc) is 3.23. The molecule has 6 nitrogen and oxygen atoms in total. The van der Waals surface area contributed by atoms with Crippen molar-refractivity contribution in [2.75, 3.05) is 26.2 Å². The lowest BCUT2D eigenvalue weighted by Gasteiger charge is -2.34. The van der Waals surface area contributed by atoms with Crippen molar-refractivity contribution in [2.24, 2.45) is 0 Å². The molecule has 1 fully saturated rings. The van der Waals surface area contributed by atoms with Gasteiger partial charge in [-0.25, -0.2) is 9.97 Å². The zero-order valence-corrected chi connectivity index (χ0v) is 16.4. The molecule has 0 radical (unpaired) electrons. The number of benzene rings is 1. The van der Waals surface area contributed by atoms with E-state index in [-0.39, 0.29) is 5.91 Å². The average molecular weight is 397 g/mol. The van der Waals surface area contributed by atoms with E-state index in [4.69, 9.17) is 21.0 Å². The summed E-state index contributed by atoms with van der Waals surface area (Å²) in [5, 5.41) is 0.693. The summed E-state index contributed by atoms with van der Waals surface area (Å²) in [5.41, 5.74) is 2.85. The zero-order valence-electron chi connectivity index (χ0n) is 15.6. The molecule has 0 bridgehead atoms. The molecule has 1 amide bonds. The van der Waals surface area contributed by atoms with Crippen LogP contribution in [0.1, 0.15) is 21.9 Å². The Bertz CT molecular complexity index is 949. The largest absolute Gasteiger partial charge is 0.459 e. The van der Waals surface area contributed by atoms with Gasteiger partial charge in [0.2, 0.25) is 0 Å². The maximum atomic E-state index is 12.4. The second kappa shape index (κ2) is 8.12. The van der Waals surface area contributed by atoms with E-state index in [0.717, 1.165) is 36.6 Å². The molecule has 1 aliphatic heterocycles. The third-order valence-corrected chi connectivity index (χ3v) is 5.04. The van der Waals surface area contributed by atoms with Crippen LogP contribution in [0.3, 0.4) is 0 Å². The first-order valence-corrected chi connectivity index (χ1v) is 9.62. The van der Waals surface area contributed by atoms with Gasteiger partial charge in [-0.3, -0.25) is 9.69 Å². The Hall–Kier alpha value is -2.70. The van der Waals surface area contributed by atoms with Crippen LogP contribution in [0.25, 0.3) is 11.4 Å². The maximum Gasteiger partial charge on any atom is 0.289 e. The number of nitrogens with zero attached hydrogens (tertiary/aromatic N) is 4. The van der Waals surface area contributed by atoms with Crippen molar-refractivity contribution in [3.8, 4) is 11.4 Å². The Morgan fingerprint density at radius 3 is 2.54 bits per heavy atom. The molecule has 144 valence electrons. The van der Waals surface area contributed by atoms with E-state index in [9.17, 15) is 4.79 Å². The minimum atomic E-state index is -0.0486. The van der Waals surface area contributed by atoms with Gasteiger partial charge >= 0.3 is 0 Å². The maximum absolute atomic E-state index is 12.4. The van der Waals surface area contributed by atoms with Gasteiger partial charge in [-0.15, -0.1) is 0 Å². The van der Waals surface area contributed by atoms with Crippen LogP contribution in [0.2, 0.25) is 5.02 Å². The molecule has 1 aromatic carbocycles. The number of carbonyl (C=O) groups excluding carboxylic acids is 1. The van der Waals surface area contributed by atoms with E-state index in [1.807, 2.05) is 42.2 Å². The van der Waals surface area contributed by atoms with Crippen molar-refractivity contribution in [3.05, 3.63) is 70.9 Å². The van der Waals surface area contributed by atoms with E-state index in [2.05, 4.69) is 9.88 Å². The zero-order chi connectivity index (χ0) is 19.5. The van der Waals surface area contributed by atoms with E-state index in [1.165, 1.54) is 6.26 Å². The highest BCUT2D eigenvalue weighted by Crippen LogP contribution is 2.20. The van der Waals surface area contributed by atoms with Gasteiger partial charge in [0.1, 0.15) is 0 Å². The van der Waals surface area contributed by atoms with Crippen molar-refractivity contribution >= 4 is 17.5 Å². The van der Waals surface area contributed by atoms with Crippen LogP contribution in [0.5, 0.6) is 0 Å². The molecule has 0 spiro atoms. The van der Waals surface area contributed by atoms with Gasteiger partial charge in [0.05, 0.1) is 12.0 Å². The van der Waals surface area contributed by atoms with Crippen LogP contribution in [0.15, 0.2) is 53.1 Å². The quantitative estimate of drug-likeness (QED) is 0.673. The standard InChI is InChI=1S/C21H21ClN4O2/c1-15-13-18(24-20(23-15)16-4-6-17(22)7-5-16)14-25-8-10-26(11-9-25)21(27)19-3-2-12-28-19/h2-7,12-13H,8-11,14H2,1H3. The number of amides is 1. The third kappa shape index (κ3) is 4.24. The second-order valence-corrected chi connectivity index (χ2v) is 7.31. The number of piperazine rings is 1. The van der Waals surface area contributed by atoms with Gasteiger partial charge in [0, 0.05) is 49.0 Å². The number of halogens is 1. The number of hydrogen-bond acceptors (Lipinski definition) is 5. The smallest absolute Gasteiger partial charge is 0.289 e. The molecule has 3 heterocycles. The lowest BCUT2D eigenvalue weighted by atomic mass is 10.2. The number of aryl methyl sites for hydroxylation is 1. The molecular weight excluding hydrogens is 376 g/mol. The van der Waals surface area contributed by atoms with Gasteiger partial charge in [-0.2, -0.15) is 0 Å². The predicted octanol–water partition coefficient (Wildman–Crippen LogP) is 3.66. The number of furan rings is 1. The Morgan fingerprint density at radius 1 is 1.11 bits per heavy atom. The van der Waals surface area contributed by atoms with E-state index >= 15 is 0 Å². The monoisotopic (exact) mass is 396 g/mol. The van der Waals surface area contributed by atoms with Crippen LogP contribution in [-0.4, -0.2) is 51.9 Å². The molecule has 4 rings (SSSR count). The van der Waals surface area contributed by atoms with E-state index < -0.39 is 0 Å². The number of aromatic nitrogens is 2. The lowest BCUT2D eigenvalue weighted by molar-refractivity contribution is 0.0596. The summed E-state index contributed by atoms with van der Waals surface area (Å²) in [6.45, 7) is 5.65. The molecule has 7 heteroatoms. The fourth-order valence-electron chi connectivity index (χ4n) is 3.34. The normalized spacial score (nSPS) is 15.0. The van der Waals surface area contributed by atoms with Crippen LogP contribution in [-0.2, 0) is 6.54 Å². The first-order valence-electron chi connectivity index (χ1n) is 9.24. The van der Waals surface area contributed by atoms with Gasteiger partial charge < -0.3 is 9.32 Å². The van der Waals surface area contributed by atoms with Gasteiger partial charge in [-0.1, -0.05) is 11.6 Å². The van der Waals surface area contributed by atoms with Crippen LogP contribution in [0.4, 0.5) is 0 Å². The Balaban J connectivity index is 1.41. The van der Waals surface area contributed by atoms with Crippen molar-refractivity contribution < 1.29 is 9.21 Å². The summed E-state index contributed by atoms with van der Waals surface area (Å²) < 4.78 is 5.22. The topological polar surface area (TPSA) is 62.5 Å². The van der Waals surface area contributed by atoms with Gasteiger partial charge in [0.25, 0.3) is 5.91 Å². The van der Waals surface area contributed by atoms with Crippen molar-refractivity contribution in [1.29, 1.82) is 0 Å². The highest BCUT2D eigenvalue weighted by molar-refractivity contribution is 6.30. The molecule has 28 heavy (non-hydrogen) atoms. The summed E-state index contributed by atoms with van der Waals surface area (Å²) in [6.07, 6.45) is 1.53. The van der Waals surface area contributed by atoms with E-state index in [1.54, 1.807) is 12.1 Å². The molecule has 0 aliphatic carbocycles. The highest BCUT2D eigenvalue weighted by atomic mass is 35.5. The fourth-order valence-corrected chi connectivity index (χ4v) is 3.46. The van der Waals surface area contributed by atoms with Gasteiger partial charge in [0.15, 0.2) is 11.6 Å². The van der Waals surface area contributed by atoms with Crippen LogP contribution >= 0.6 is 11.6 Å². The molecule has 0 unspecified atom stereocenters. The highest BCUT2D eigenvalue weighted by Gasteiger charge is 2.24. The Labute approximate surface area is 168 Å². The van der Waals surface area contributed by atoms with Crippen molar-refractivity contribution in [2.45, 2.75) is 13.5 Å².